The van der Waals surface area contributed by atoms with Gasteiger partial charge in [-0.25, -0.2) is 9.18 Å². The van der Waals surface area contributed by atoms with E-state index in [4.69, 9.17) is 16.3 Å². The van der Waals surface area contributed by atoms with Crippen LogP contribution in [0.4, 0.5) is 4.39 Å². The quantitative estimate of drug-likeness (QED) is 0.663. The molecule has 22 heavy (non-hydrogen) atoms. The Morgan fingerprint density at radius 1 is 1.27 bits per heavy atom. The second-order valence-corrected chi connectivity index (χ2v) is 4.83. The predicted octanol–water partition coefficient (Wildman–Crippen LogP) is 3.82. The molecule has 0 radical (unpaired) electrons. The summed E-state index contributed by atoms with van der Waals surface area (Å²) in [6, 6.07) is 7.95. The minimum absolute atomic E-state index is 0.0365. The van der Waals surface area contributed by atoms with Gasteiger partial charge in [0.1, 0.15) is 5.82 Å². The van der Waals surface area contributed by atoms with Crippen LogP contribution in [0.5, 0.6) is 11.5 Å². The SMILES string of the molecule is COc1cc(/C=C(\C(=O)O)c2ccc(F)cc2)cc(Cl)c1O. The molecule has 0 saturated heterocycles. The third-order valence-electron chi connectivity index (χ3n) is 2.97. The van der Waals surface area contributed by atoms with Gasteiger partial charge in [-0.2, -0.15) is 0 Å². The first kappa shape index (κ1) is 15.9. The number of rotatable bonds is 4. The molecule has 0 aliphatic rings. The lowest BCUT2D eigenvalue weighted by Crippen LogP contribution is -2.00. The Morgan fingerprint density at radius 2 is 1.91 bits per heavy atom. The molecule has 114 valence electrons. The summed E-state index contributed by atoms with van der Waals surface area (Å²) in [5.41, 5.74) is 0.738. The average Bonchev–Trinajstić information content (AvgIpc) is 2.49. The second-order valence-electron chi connectivity index (χ2n) is 4.42. The van der Waals surface area contributed by atoms with Crippen LogP contribution in [0.15, 0.2) is 36.4 Å². The molecule has 2 rings (SSSR count). The highest BCUT2D eigenvalue weighted by molar-refractivity contribution is 6.32. The number of benzene rings is 2. The van der Waals surface area contributed by atoms with Gasteiger partial charge < -0.3 is 14.9 Å². The van der Waals surface area contributed by atoms with E-state index in [-0.39, 0.29) is 22.1 Å². The standard InChI is InChI=1S/C16H12ClFO4/c1-22-14-8-9(7-13(17)15(14)19)6-12(16(20)21)10-2-4-11(18)5-3-10/h2-8,19H,1H3,(H,20,21)/b12-6-. The molecule has 0 bridgehead atoms. The molecule has 0 amide bonds. The van der Waals surface area contributed by atoms with Crippen molar-refractivity contribution >= 4 is 29.2 Å². The molecule has 0 aliphatic heterocycles. The van der Waals surface area contributed by atoms with Gasteiger partial charge in [0.15, 0.2) is 11.5 Å². The largest absolute Gasteiger partial charge is 0.503 e. The Kier molecular flexibility index (Phi) is 4.68. The van der Waals surface area contributed by atoms with Gasteiger partial charge in [-0.1, -0.05) is 23.7 Å². The fraction of sp³-hybridized carbons (Fsp3) is 0.0625. The van der Waals surface area contributed by atoms with Gasteiger partial charge in [-0.05, 0) is 41.5 Å². The Morgan fingerprint density at radius 3 is 2.45 bits per heavy atom. The number of halogens is 2. The molecule has 2 N–H and O–H groups in total. The number of ether oxygens (including phenoxy) is 1. The minimum atomic E-state index is -1.17. The number of carbonyl (C=O) groups is 1. The maximum atomic E-state index is 12.9. The van der Waals surface area contributed by atoms with E-state index >= 15 is 0 Å². The second kappa shape index (κ2) is 6.49. The first-order valence-electron chi connectivity index (χ1n) is 6.20. The van der Waals surface area contributed by atoms with Gasteiger partial charge in [-0.15, -0.1) is 0 Å². The highest BCUT2D eigenvalue weighted by Crippen LogP contribution is 2.36. The van der Waals surface area contributed by atoms with Crippen molar-refractivity contribution in [3.05, 3.63) is 58.4 Å². The topological polar surface area (TPSA) is 66.8 Å². The van der Waals surface area contributed by atoms with E-state index in [1.54, 1.807) is 0 Å². The normalized spacial score (nSPS) is 11.3. The van der Waals surface area contributed by atoms with Crippen LogP contribution in [-0.2, 0) is 4.79 Å². The molecule has 0 aliphatic carbocycles. The summed E-state index contributed by atoms with van der Waals surface area (Å²) in [6.45, 7) is 0. The monoisotopic (exact) mass is 322 g/mol. The summed E-state index contributed by atoms with van der Waals surface area (Å²) >= 11 is 5.87. The summed E-state index contributed by atoms with van der Waals surface area (Å²) in [6.07, 6.45) is 1.36. The summed E-state index contributed by atoms with van der Waals surface area (Å²) in [4.78, 5) is 11.4. The maximum absolute atomic E-state index is 12.9. The van der Waals surface area contributed by atoms with Crippen LogP contribution >= 0.6 is 11.6 Å². The van der Waals surface area contributed by atoms with Crippen molar-refractivity contribution in [2.75, 3.05) is 7.11 Å². The molecule has 0 spiro atoms. The molecule has 2 aromatic carbocycles. The number of hydrogen-bond donors (Lipinski definition) is 2. The molecule has 0 unspecified atom stereocenters. The van der Waals surface area contributed by atoms with E-state index in [2.05, 4.69) is 0 Å². The molecule has 2 aromatic rings. The number of carboxylic acids is 1. The molecule has 4 nitrogen and oxygen atoms in total. The van der Waals surface area contributed by atoms with E-state index in [0.717, 1.165) is 0 Å². The van der Waals surface area contributed by atoms with Crippen LogP contribution in [0.1, 0.15) is 11.1 Å². The predicted molar refractivity (Wildman–Crippen MR) is 81.6 cm³/mol. The molecule has 0 fully saturated rings. The first-order chi connectivity index (χ1) is 10.4. The lowest BCUT2D eigenvalue weighted by molar-refractivity contribution is -0.130. The number of hydrogen-bond acceptors (Lipinski definition) is 3. The number of aromatic hydroxyl groups is 1. The van der Waals surface area contributed by atoms with Gasteiger partial charge in [0.05, 0.1) is 17.7 Å². The van der Waals surface area contributed by atoms with Crippen LogP contribution in [0.2, 0.25) is 5.02 Å². The van der Waals surface area contributed by atoms with Crippen molar-refractivity contribution in [1.29, 1.82) is 0 Å². The summed E-state index contributed by atoms with van der Waals surface area (Å²) < 4.78 is 17.9. The van der Waals surface area contributed by atoms with Crippen molar-refractivity contribution in [2.45, 2.75) is 0 Å². The fourth-order valence-electron chi connectivity index (χ4n) is 1.90. The number of phenols is 1. The zero-order valence-corrected chi connectivity index (χ0v) is 12.3. The summed E-state index contributed by atoms with van der Waals surface area (Å²) in [5.74, 6) is -1.72. The smallest absolute Gasteiger partial charge is 0.336 e. The molecule has 0 saturated carbocycles. The average molecular weight is 323 g/mol. The Bertz CT molecular complexity index is 739. The van der Waals surface area contributed by atoms with Crippen molar-refractivity contribution in [1.82, 2.24) is 0 Å². The number of aliphatic carboxylic acids is 1. The molecule has 6 heteroatoms. The van der Waals surface area contributed by atoms with Crippen molar-refractivity contribution < 1.29 is 24.1 Å². The van der Waals surface area contributed by atoms with E-state index < -0.39 is 11.8 Å². The molecule has 0 atom stereocenters. The van der Waals surface area contributed by atoms with E-state index in [0.29, 0.717) is 11.1 Å². The summed E-state index contributed by atoms with van der Waals surface area (Å²) in [5, 5.41) is 19.0. The zero-order chi connectivity index (χ0) is 16.3. The highest BCUT2D eigenvalue weighted by Gasteiger charge is 2.13. The highest BCUT2D eigenvalue weighted by atomic mass is 35.5. The molecule has 0 aromatic heterocycles. The van der Waals surface area contributed by atoms with Gasteiger partial charge in [0, 0.05) is 0 Å². The number of phenolic OH excluding ortho intramolecular Hbond substituents is 1. The van der Waals surface area contributed by atoms with Crippen LogP contribution < -0.4 is 4.74 Å². The van der Waals surface area contributed by atoms with Crippen LogP contribution in [0, 0.1) is 5.82 Å². The first-order valence-corrected chi connectivity index (χ1v) is 6.57. The van der Waals surface area contributed by atoms with Gasteiger partial charge in [0.25, 0.3) is 0 Å². The van der Waals surface area contributed by atoms with Crippen LogP contribution in [0.25, 0.3) is 11.6 Å². The Labute approximate surface area is 131 Å². The van der Waals surface area contributed by atoms with E-state index in [1.807, 2.05) is 0 Å². The molecular formula is C16H12ClFO4. The van der Waals surface area contributed by atoms with E-state index in [9.17, 15) is 19.4 Å². The van der Waals surface area contributed by atoms with E-state index in [1.165, 1.54) is 49.6 Å². The number of methoxy groups -OCH3 is 1. The van der Waals surface area contributed by atoms with Crippen molar-refractivity contribution in [3.8, 4) is 11.5 Å². The maximum Gasteiger partial charge on any atom is 0.336 e. The Balaban J connectivity index is 2.53. The van der Waals surface area contributed by atoms with Gasteiger partial charge in [0.2, 0.25) is 0 Å². The minimum Gasteiger partial charge on any atom is -0.503 e. The number of carboxylic acid groups (broad SMARTS) is 1. The van der Waals surface area contributed by atoms with Crippen LogP contribution in [-0.4, -0.2) is 23.3 Å². The van der Waals surface area contributed by atoms with Gasteiger partial charge in [-0.3, -0.25) is 0 Å². The Hall–Kier alpha value is -2.53. The van der Waals surface area contributed by atoms with Crippen molar-refractivity contribution in [3.63, 3.8) is 0 Å². The lowest BCUT2D eigenvalue weighted by atomic mass is 10.0. The third-order valence-corrected chi connectivity index (χ3v) is 3.26. The van der Waals surface area contributed by atoms with Crippen molar-refractivity contribution in [2.24, 2.45) is 0 Å². The fourth-order valence-corrected chi connectivity index (χ4v) is 2.12. The summed E-state index contributed by atoms with van der Waals surface area (Å²) in [7, 11) is 1.36. The zero-order valence-electron chi connectivity index (χ0n) is 11.5. The molecule has 0 heterocycles. The molecular weight excluding hydrogens is 311 g/mol. The van der Waals surface area contributed by atoms with Crippen LogP contribution in [0.3, 0.4) is 0 Å². The lowest BCUT2D eigenvalue weighted by Gasteiger charge is -2.08. The third kappa shape index (κ3) is 3.38. The van der Waals surface area contributed by atoms with Gasteiger partial charge >= 0.3 is 5.97 Å².